The van der Waals surface area contributed by atoms with Gasteiger partial charge in [0.2, 0.25) is 0 Å². The Hall–Kier alpha value is -3.60. The van der Waals surface area contributed by atoms with Gasteiger partial charge in [-0.25, -0.2) is 4.98 Å². The number of benzene rings is 2. The average molecular weight is 357 g/mol. The fraction of sp³-hybridized carbons (Fsp3) is 0.0909. The van der Waals surface area contributed by atoms with Crippen molar-refractivity contribution in [3.05, 3.63) is 102 Å². The summed E-state index contributed by atoms with van der Waals surface area (Å²) in [5.41, 5.74) is 4.79. The van der Waals surface area contributed by atoms with Gasteiger partial charge in [0.05, 0.1) is 23.3 Å². The summed E-state index contributed by atoms with van der Waals surface area (Å²) in [4.78, 5) is 17.0. The van der Waals surface area contributed by atoms with Crippen molar-refractivity contribution in [1.82, 2.24) is 14.9 Å². The molecule has 0 saturated heterocycles. The van der Waals surface area contributed by atoms with E-state index in [0.717, 1.165) is 22.5 Å². The van der Waals surface area contributed by atoms with Crippen LogP contribution in [0, 0.1) is 0 Å². The molecule has 1 aliphatic heterocycles. The van der Waals surface area contributed by atoms with E-state index in [4.69, 9.17) is 0 Å². The highest BCUT2D eigenvalue weighted by Gasteiger charge is 2.25. The first-order chi connectivity index (χ1) is 13.1. The number of phenolic OH excluding ortho intramolecular Hbond substituents is 1. The second-order valence-electron chi connectivity index (χ2n) is 6.54. The summed E-state index contributed by atoms with van der Waals surface area (Å²) in [6, 6.07) is 17.1. The lowest BCUT2D eigenvalue weighted by Crippen LogP contribution is -2.17. The third kappa shape index (κ3) is 3.53. The SMILES string of the molecule is C=C1C=C(c2c(Cc3ccccc3)ncn2Cc2cccc(O)c2)C(=O)N1. The predicted molar refractivity (Wildman–Crippen MR) is 104 cm³/mol. The summed E-state index contributed by atoms with van der Waals surface area (Å²) in [6.45, 7) is 4.34. The van der Waals surface area contributed by atoms with Crippen molar-refractivity contribution in [3.8, 4) is 5.75 Å². The zero-order valence-electron chi connectivity index (χ0n) is 14.7. The number of phenols is 1. The van der Waals surface area contributed by atoms with E-state index in [0.29, 0.717) is 24.2 Å². The molecule has 1 aromatic heterocycles. The van der Waals surface area contributed by atoms with Crippen molar-refractivity contribution in [2.75, 3.05) is 0 Å². The molecule has 0 radical (unpaired) electrons. The van der Waals surface area contributed by atoms with Gasteiger partial charge in [-0.1, -0.05) is 49.0 Å². The molecular formula is C22H19N3O2. The van der Waals surface area contributed by atoms with E-state index < -0.39 is 0 Å². The van der Waals surface area contributed by atoms with Crippen LogP contribution in [0.2, 0.25) is 0 Å². The van der Waals surface area contributed by atoms with E-state index in [1.165, 1.54) is 0 Å². The smallest absolute Gasteiger partial charge is 0.257 e. The minimum absolute atomic E-state index is 0.174. The second kappa shape index (κ2) is 6.96. The number of carbonyl (C=O) groups excluding carboxylic acids is 1. The van der Waals surface area contributed by atoms with Crippen molar-refractivity contribution in [2.24, 2.45) is 0 Å². The van der Waals surface area contributed by atoms with Gasteiger partial charge in [0.15, 0.2) is 0 Å². The van der Waals surface area contributed by atoms with Crippen LogP contribution in [0.3, 0.4) is 0 Å². The summed E-state index contributed by atoms with van der Waals surface area (Å²) < 4.78 is 1.94. The summed E-state index contributed by atoms with van der Waals surface area (Å²) in [6.07, 6.45) is 4.12. The third-order valence-electron chi connectivity index (χ3n) is 4.48. The minimum Gasteiger partial charge on any atom is -0.508 e. The number of rotatable bonds is 5. The molecular weight excluding hydrogens is 338 g/mol. The third-order valence-corrected chi connectivity index (χ3v) is 4.48. The number of nitrogens with zero attached hydrogens (tertiary/aromatic N) is 2. The van der Waals surface area contributed by atoms with E-state index in [-0.39, 0.29) is 11.7 Å². The van der Waals surface area contributed by atoms with Gasteiger partial charge in [0.25, 0.3) is 5.91 Å². The number of imidazole rings is 1. The normalized spacial score (nSPS) is 13.6. The maximum atomic E-state index is 12.4. The highest BCUT2D eigenvalue weighted by molar-refractivity contribution is 6.23. The van der Waals surface area contributed by atoms with Gasteiger partial charge < -0.3 is 15.0 Å². The fourth-order valence-corrected chi connectivity index (χ4v) is 3.29. The second-order valence-corrected chi connectivity index (χ2v) is 6.54. The molecule has 0 atom stereocenters. The molecule has 1 amide bonds. The Bertz CT molecular complexity index is 1050. The molecule has 1 aliphatic rings. The minimum atomic E-state index is -0.174. The van der Waals surface area contributed by atoms with Gasteiger partial charge in [-0.3, -0.25) is 4.79 Å². The summed E-state index contributed by atoms with van der Waals surface area (Å²) in [5.74, 6) is 0.0387. The molecule has 5 heteroatoms. The average Bonchev–Trinajstić information content (AvgIpc) is 3.18. The molecule has 0 saturated carbocycles. The number of nitrogens with one attached hydrogen (secondary N) is 1. The first kappa shape index (κ1) is 16.8. The lowest BCUT2D eigenvalue weighted by atomic mass is 10.0. The van der Waals surface area contributed by atoms with Crippen LogP contribution in [0.15, 0.2) is 79.3 Å². The molecule has 27 heavy (non-hydrogen) atoms. The monoisotopic (exact) mass is 357 g/mol. The van der Waals surface area contributed by atoms with E-state index in [1.807, 2.05) is 41.0 Å². The van der Waals surface area contributed by atoms with Gasteiger partial charge in [-0.2, -0.15) is 0 Å². The predicted octanol–water partition coefficient (Wildman–Crippen LogP) is 3.25. The lowest BCUT2D eigenvalue weighted by molar-refractivity contribution is -0.114. The number of hydrogen-bond donors (Lipinski definition) is 2. The van der Waals surface area contributed by atoms with Crippen LogP contribution in [-0.4, -0.2) is 20.6 Å². The number of aromatic hydroxyl groups is 1. The number of carbonyl (C=O) groups is 1. The van der Waals surface area contributed by atoms with Gasteiger partial charge in [0.1, 0.15) is 5.75 Å². The van der Waals surface area contributed by atoms with Crippen LogP contribution in [-0.2, 0) is 17.8 Å². The number of amides is 1. The van der Waals surface area contributed by atoms with Crippen molar-refractivity contribution >= 4 is 11.5 Å². The summed E-state index contributed by atoms with van der Waals surface area (Å²) in [5, 5.41) is 12.5. The molecule has 2 N–H and O–H groups in total. The first-order valence-electron chi connectivity index (χ1n) is 8.68. The molecule has 134 valence electrons. The Morgan fingerprint density at radius 1 is 1.07 bits per heavy atom. The molecule has 4 rings (SSSR count). The van der Waals surface area contributed by atoms with E-state index in [9.17, 15) is 9.90 Å². The van der Waals surface area contributed by atoms with E-state index >= 15 is 0 Å². The molecule has 5 nitrogen and oxygen atoms in total. The van der Waals surface area contributed by atoms with Crippen molar-refractivity contribution in [2.45, 2.75) is 13.0 Å². The summed E-state index contributed by atoms with van der Waals surface area (Å²) in [7, 11) is 0. The molecule has 0 spiro atoms. The van der Waals surface area contributed by atoms with E-state index in [2.05, 4.69) is 16.9 Å². The highest BCUT2D eigenvalue weighted by Crippen LogP contribution is 2.27. The largest absolute Gasteiger partial charge is 0.508 e. The Kier molecular flexibility index (Phi) is 4.34. The zero-order chi connectivity index (χ0) is 18.8. The Labute approximate surface area is 157 Å². The lowest BCUT2D eigenvalue weighted by Gasteiger charge is -2.11. The topological polar surface area (TPSA) is 67.1 Å². The highest BCUT2D eigenvalue weighted by atomic mass is 16.3. The van der Waals surface area contributed by atoms with Crippen LogP contribution in [0.25, 0.3) is 5.57 Å². The van der Waals surface area contributed by atoms with Gasteiger partial charge in [-0.15, -0.1) is 0 Å². The zero-order valence-corrected chi connectivity index (χ0v) is 14.7. The number of allylic oxidation sites excluding steroid dienone is 1. The molecule has 0 aliphatic carbocycles. The summed E-state index contributed by atoms with van der Waals surface area (Å²) >= 11 is 0. The molecule has 3 aromatic rings. The van der Waals surface area contributed by atoms with Crippen LogP contribution in [0.5, 0.6) is 5.75 Å². The van der Waals surface area contributed by atoms with Crippen LogP contribution >= 0.6 is 0 Å². The standard InChI is InChI=1S/C22H19N3O2/c1-15-10-19(22(27)24-15)21-20(12-16-6-3-2-4-7-16)23-14-25(21)13-17-8-5-9-18(26)11-17/h2-11,14,26H,1,12-13H2,(H,24,27). The van der Waals surface area contributed by atoms with Gasteiger partial charge in [-0.05, 0) is 29.3 Å². The maximum Gasteiger partial charge on any atom is 0.257 e. The van der Waals surface area contributed by atoms with E-state index in [1.54, 1.807) is 30.6 Å². The molecule has 2 aromatic carbocycles. The molecule has 2 heterocycles. The molecule has 0 bridgehead atoms. The van der Waals surface area contributed by atoms with Crippen molar-refractivity contribution in [3.63, 3.8) is 0 Å². The fourth-order valence-electron chi connectivity index (χ4n) is 3.29. The Morgan fingerprint density at radius 2 is 1.85 bits per heavy atom. The number of aromatic nitrogens is 2. The van der Waals surface area contributed by atoms with Crippen LogP contribution < -0.4 is 5.32 Å². The van der Waals surface area contributed by atoms with Crippen molar-refractivity contribution < 1.29 is 9.90 Å². The molecule has 0 fully saturated rings. The number of hydrogen-bond acceptors (Lipinski definition) is 3. The maximum absolute atomic E-state index is 12.4. The van der Waals surface area contributed by atoms with Gasteiger partial charge in [0, 0.05) is 18.7 Å². The quantitative estimate of drug-likeness (QED) is 0.737. The van der Waals surface area contributed by atoms with Gasteiger partial charge >= 0.3 is 0 Å². The Morgan fingerprint density at radius 3 is 2.56 bits per heavy atom. The van der Waals surface area contributed by atoms with Crippen LogP contribution in [0.1, 0.15) is 22.5 Å². The Balaban J connectivity index is 1.76. The molecule has 0 unspecified atom stereocenters. The van der Waals surface area contributed by atoms with Crippen LogP contribution in [0.4, 0.5) is 0 Å². The van der Waals surface area contributed by atoms with Crippen molar-refractivity contribution in [1.29, 1.82) is 0 Å². The first-order valence-corrected chi connectivity index (χ1v) is 8.68.